The number of hydrogen-bond acceptors (Lipinski definition) is 4. The van der Waals surface area contributed by atoms with Crippen LogP contribution in [0.5, 0.6) is 5.75 Å². The van der Waals surface area contributed by atoms with Crippen molar-refractivity contribution < 1.29 is 9.53 Å². The lowest BCUT2D eigenvalue weighted by Gasteiger charge is -2.07. The summed E-state index contributed by atoms with van der Waals surface area (Å²) in [6.45, 7) is 2.71. The lowest BCUT2D eigenvalue weighted by molar-refractivity contribution is -0.123. The number of amides is 1. The van der Waals surface area contributed by atoms with Crippen molar-refractivity contribution in [2.24, 2.45) is 5.73 Å². The lowest BCUT2D eigenvalue weighted by Crippen LogP contribution is -2.33. The molecule has 5 nitrogen and oxygen atoms in total. The predicted octanol–water partition coefficient (Wildman–Crippen LogP) is -0.156. The Hall–Kier alpha value is -1.62. The van der Waals surface area contributed by atoms with Crippen LogP contribution in [0.3, 0.4) is 0 Å². The van der Waals surface area contributed by atoms with E-state index in [1.165, 1.54) is 0 Å². The molecule has 82 valence electrons. The highest BCUT2D eigenvalue weighted by atomic mass is 16.5. The number of nitrogens with two attached hydrogens (primary N) is 1. The maximum absolute atomic E-state index is 11.2. The van der Waals surface area contributed by atoms with Gasteiger partial charge >= 0.3 is 0 Å². The smallest absolute Gasteiger partial charge is 0.257 e. The summed E-state index contributed by atoms with van der Waals surface area (Å²) >= 11 is 0. The van der Waals surface area contributed by atoms with Crippen LogP contribution in [0.15, 0.2) is 18.3 Å². The van der Waals surface area contributed by atoms with Crippen molar-refractivity contribution in [2.75, 3.05) is 19.7 Å². The van der Waals surface area contributed by atoms with Crippen LogP contribution in [0.25, 0.3) is 0 Å². The van der Waals surface area contributed by atoms with E-state index in [4.69, 9.17) is 10.5 Å². The Balaban J connectivity index is 2.37. The van der Waals surface area contributed by atoms with Gasteiger partial charge in [0.15, 0.2) is 6.61 Å². The molecule has 1 aromatic rings. The Morgan fingerprint density at radius 1 is 1.67 bits per heavy atom. The van der Waals surface area contributed by atoms with Gasteiger partial charge in [-0.15, -0.1) is 0 Å². The molecular weight excluding hydrogens is 194 g/mol. The molecule has 0 saturated heterocycles. The molecule has 0 aliphatic heterocycles. The summed E-state index contributed by atoms with van der Waals surface area (Å²) in [6, 6.07) is 3.54. The standard InChI is InChI=1S/C10H15N3O2/c1-8-9(3-2-5-12-8)15-7-10(14)13-6-4-11/h2-3,5H,4,6-7,11H2,1H3,(H,13,14). The molecule has 0 radical (unpaired) electrons. The van der Waals surface area contributed by atoms with Crippen LogP contribution < -0.4 is 15.8 Å². The van der Waals surface area contributed by atoms with Gasteiger partial charge in [0.25, 0.3) is 5.91 Å². The highest BCUT2D eigenvalue weighted by Crippen LogP contribution is 2.12. The number of aryl methyl sites for hydroxylation is 1. The van der Waals surface area contributed by atoms with Crippen LogP contribution in [-0.2, 0) is 4.79 Å². The van der Waals surface area contributed by atoms with Crippen LogP contribution in [0.1, 0.15) is 5.69 Å². The number of carbonyl (C=O) groups is 1. The van der Waals surface area contributed by atoms with Crippen molar-refractivity contribution in [2.45, 2.75) is 6.92 Å². The average molecular weight is 209 g/mol. The normalized spacial score (nSPS) is 9.73. The monoisotopic (exact) mass is 209 g/mol. The van der Waals surface area contributed by atoms with E-state index in [-0.39, 0.29) is 12.5 Å². The van der Waals surface area contributed by atoms with Gasteiger partial charge in [0.1, 0.15) is 5.75 Å². The zero-order valence-electron chi connectivity index (χ0n) is 8.69. The number of nitrogens with zero attached hydrogens (tertiary/aromatic N) is 1. The number of hydrogen-bond donors (Lipinski definition) is 2. The number of aromatic nitrogens is 1. The Bertz CT molecular complexity index is 328. The molecule has 0 saturated carbocycles. The molecule has 0 aromatic carbocycles. The number of ether oxygens (including phenoxy) is 1. The maximum Gasteiger partial charge on any atom is 0.257 e. The summed E-state index contributed by atoms with van der Waals surface area (Å²) < 4.78 is 5.28. The summed E-state index contributed by atoms with van der Waals surface area (Å²) in [4.78, 5) is 15.2. The minimum atomic E-state index is -0.177. The summed E-state index contributed by atoms with van der Waals surface area (Å²) in [5.41, 5.74) is 6.01. The quantitative estimate of drug-likeness (QED) is 0.706. The Labute approximate surface area is 88.6 Å². The molecule has 0 unspecified atom stereocenters. The van der Waals surface area contributed by atoms with Gasteiger partial charge in [0.05, 0.1) is 5.69 Å². The molecule has 1 heterocycles. The minimum Gasteiger partial charge on any atom is -0.482 e. The molecular formula is C10H15N3O2. The molecule has 0 aliphatic rings. The molecule has 0 spiro atoms. The maximum atomic E-state index is 11.2. The van der Waals surface area contributed by atoms with E-state index in [1.54, 1.807) is 18.3 Å². The highest BCUT2D eigenvalue weighted by Gasteiger charge is 2.03. The fourth-order valence-corrected chi connectivity index (χ4v) is 1.03. The van der Waals surface area contributed by atoms with E-state index in [9.17, 15) is 4.79 Å². The summed E-state index contributed by atoms with van der Waals surface area (Å²) in [7, 11) is 0. The third-order valence-corrected chi connectivity index (χ3v) is 1.78. The van der Waals surface area contributed by atoms with E-state index in [2.05, 4.69) is 10.3 Å². The predicted molar refractivity (Wildman–Crippen MR) is 56.5 cm³/mol. The van der Waals surface area contributed by atoms with Crippen molar-refractivity contribution in [3.63, 3.8) is 0 Å². The Morgan fingerprint density at radius 3 is 3.13 bits per heavy atom. The van der Waals surface area contributed by atoms with Gasteiger partial charge in [-0.05, 0) is 19.1 Å². The topological polar surface area (TPSA) is 77.2 Å². The second kappa shape index (κ2) is 5.98. The second-order valence-electron chi connectivity index (χ2n) is 3.01. The van der Waals surface area contributed by atoms with E-state index in [0.29, 0.717) is 18.8 Å². The van der Waals surface area contributed by atoms with Crippen LogP contribution in [0.2, 0.25) is 0 Å². The molecule has 0 atom stereocenters. The minimum absolute atomic E-state index is 0.00741. The second-order valence-corrected chi connectivity index (χ2v) is 3.01. The van der Waals surface area contributed by atoms with E-state index >= 15 is 0 Å². The van der Waals surface area contributed by atoms with Crippen molar-refractivity contribution in [1.82, 2.24) is 10.3 Å². The Morgan fingerprint density at radius 2 is 2.47 bits per heavy atom. The number of carbonyl (C=O) groups excluding carboxylic acids is 1. The number of pyridine rings is 1. The largest absolute Gasteiger partial charge is 0.482 e. The van der Waals surface area contributed by atoms with Crippen molar-refractivity contribution in [3.05, 3.63) is 24.0 Å². The third-order valence-electron chi connectivity index (χ3n) is 1.78. The molecule has 0 fully saturated rings. The first-order valence-electron chi connectivity index (χ1n) is 4.75. The SMILES string of the molecule is Cc1ncccc1OCC(=O)NCCN. The van der Waals surface area contributed by atoms with Gasteiger partial charge in [-0.1, -0.05) is 0 Å². The third kappa shape index (κ3) is 3.95. The van der Waals surface area contributed by atoms with Gasteiger partial charge in [0, 0.05) is 19.3 Å². The average Bonchev–Trinajstić information content (AvgIpc) is 2.25. The molecule has 5 heteroatoms. The van der Waals surface area contributed by atoms with Crippen LogP contribution >= 0.6 is 0 Å². The number of nitrogens with one attached hydrogen (secondary N) is 1. The first-order chi connectivity index (χ1) is 7.24. The van der Waals surface area contributed by atoms with Crippen LogP contribution in [0, 0.1) is 6.92 Å². The van der Waals surface area contributed by atoms with Crippen molar-refractivity contribution in [3.8, 4) is 5.75 Å². The van der Waals surface area contributed by atoms with Crippen LogP contribution in [-0.4, -0.2) is 30.6 Å². The van der Waals surface area contributed by atoms with Gasteiger partial charge in [-0.2, -0.15) is 0 Å². The zero-order chi connectivity index (χ0) is 11.1. The molecule has 0 aliphatic carbocycles. The van der Waals surface area contributed by atoms with Crippen molar-refractivity contribution in [1.29, 1.82) is 0 Å². The fraction of sp³-hybridized carbons (Fsp3) is 0.400. The molecule has 1 amide bonds. The first-order valence-corrected chi connectivity index (χ1v) is 4.75. The highest BCUT2D eigenvalue weighted by molar-refractivity contribution is 5.77. The van der Waals surface area contributed by atoms with E-state index in [1.807, 2.05) is 6.92 Å². The first kappa shape index (κ1) is 11.5. The van der Waals surface area contributed by atoms with Crippen LogP contribution in [0.4, 0.5) is 0 Å². The van der Waals surface area contributed by atoms with Gasteiger partial charge in [-0.25, -0.2) is 0 Å². The molecule has 15 heavy (non-hydrogen) atoms. The summed E-state index contributed by atoms with van der Waals surface area (Å²) in [6.07, 6.45) is 1.68. The van der Waals surface area contributed by atoms with Crippen molar-refractivity contribution >= 4 is 5.91 Å². The van der Waals surface area contributed by atoms with E-state index < -0.39 is 0 Å². The molecule has 0 bridgehead atoms. The molecule has 1 rings (SSSR count). The summed E-state index contributed by atoms with van der Waals surface area (Å²) in [5.74, 6) is 0.448. The summed E-state index contributed by atoms with van der Waals surface area (Å²) in [5, 5.41) is 2.61. The van der Waals surface area contributed by atoms with Gasteiger partial charge in [0.2, 0.25) is 0 Å². The molecule has 1 aromatic heterocycles. The molecule has 3 N–H and O–H groups in total. The zero-order valence-corrected chi connectivity index (χ0v) is 8.69. The fourth-order valence-electron chi connectivity index (χ4n) is 1.03. The lowest BCUT2D eigenvalue weighted by atomic mass is 10.3. The van der Waals surface area contributed by atoms with Gasteiger partial charge < -0.3 is 15.8 Å². The van der Waals surface area contributed by atoms with E-state index in [0.717, 1.165) is 5.69 Å². The Kier molecular flexibility index (Phi) is 4.56. The van der Waals surface area contributed by atoms with Gasteiger partial charge in [-0.3, -0.25) is 9.78 Å². The number of rotatable bonds is 5.